The minimum atomic E-state index is -0.413. The molecule has 1 saturated heterocycles. The van der Waals surface area contributed by atoms with Crippen LogP contribution in [-0.2, 0) is 14.3 Å². The second-order valence-corrected chi connectivity index (χ2v) is 8.94. The molecule has 0 aromatic heterocycles. The smallest absolute Gasteiger partial charge is 0.305 e. The molecule has 0 bridgehead atoms. The summed E-state index contributed by atoms with van der Waals surface area (Å²) in [4.78, 5) is 43.1. The van der Waals surface area contributed by atoms with Gasteiger partial charge in [0, 0.05) is 36.2 Å². The molecule has 0 spiro atoms. The number of hydrogen-bond acceptors (Lipinski definition) is 6. The van der Waals surface area contributed by atoms with Crippen molar-refractivity contribution in [2.45, 2.75) is 50.9 Å². The van der Waals surface area contributed by atoms with Crippen molar-refractivity contribution < 1.29 is 19.1 Å². The van der Waals surface area contributed by atoms with E-state index in [2.05, 4.69) is 15.0 Å². The maximum absolute atomic E-state index is 12.7. The lowest BCUT2D eigenvalue weighted by molar-refractivity contribution is -0.140. The molecule has 8 nitrogen and oxygen atoms in total. The summed E-state index contributed by atoms with van der Waals surface area (Å²) in [5.41, 5.74) is 6.69. The number of carbonyl (C=O) groups is 3. The molecule has 1 aromatic carbocycles. The van der Waals surface area contributed by atoms with E-state index in [1.807, 2.05) is 25.7 Å². The molecule has 1 fully saturated rings. The van der Waals surface area contributed by atoms with E-state index < -0.39 is 11.2 Å². The van der Waals surface area contributed by atoms with Gasteiger partial charge >= 0.3 is 5.97 Å². The minimum Gasteiger partial charge on any atom is -0.469 e. The van der Waals surface area contributed by atoms with E-state index in [1.54, 1.807) is 24.3 Å². The SMILES string of the molecule is COC(=O)CCCNC(=O)C1SC(=NC(=O)c2ccc(C(N)=S)cc2)N(C(C)C)C1C. The molecule has 2 atom stereocenters. The van der Waals surface area contributed by atoms with Crippen LogP contribution in [0, 0.1) is 0 Å². The summed E-state index contributed by atoms with van der Waals surface area (Å²) in [5.74, 6) is -0.849. The normalized spacial score (nSPS) is 19.5. The van der Waals surface area contributed by atoms with Crippen molar-refractivity contribution in [3.8, 4) is 0 Å². The highest BCUT2D eigenvalue weighted by Gasteiger charge is 2.42. The van der Waals surface area contributed by atoms with E-state index in [9.17, 15) is 14.4 Å². The monoisotopic (exact) mass is 464 g/mol. The fraction of sp³-hybridized carbons (Fsp3) is 0.476. The number of hydrogen-bond donors (Lipinski definition) is 2. The number of methoxy groups -OCH3 is 1. The Balaban J connectivity index is 2.10. The van der Waals surface area contributed by atoms with Gasteiger partial charge in [0.2, 0.25) is 5.91 Å². The lowest BCUT2D eigenvalue weighted by Crippen LogP contribution is -2.45. The van der Waals surface area contributed by atoms with Crippen molar-refractivity contribution >= 4 is 51.9 Å². The highest BCUT2D eigenvalue weighted by Crippen LogP contribution is 2.33. The van der Waals surface area contributed by atoms with Crippen LogP contribution >= 0.6 is 24.0 Å². The molecular weight excluding hydrogens is 436 g/mol. The van der Waals surface area contributed by atoms with Gasteiger partial charge in [-0.2, -0.15) is 4.99 Å². The second kappa shape index (κ2) is 11.2. The summed E-state index contributed by atoms with van der Waals surface area (Å²) in [7, 11) is 1.34. The Morgan fingerprint density at radius 3 is 2.42 bits per heavy atom. The molecule has 1 heterocycles. The summed E-state index contributed by atoms with van der Waals surface area (Å²) in [5, 5.41) is 2.96. The number of amides is 2. The van der Waals surface area contributed by atoms with E-state index in [-0.39, 0.29) is 35.4 Å². The Labute approximate surface area is 192 Å². The van der Waals surface area contributed by atoms with Gasteiger partial charge in [0.05, 0.1) is 7.11 Å². The average molecular weight is 465 g/mol. The second-order valence-electron chi connectivity index (χ2n) is 7.39. The van der Waals surface area contributed by atoms with Crippen LogP contribution in [0.3, 0.4) is 0 Å². The zero-order chi connectivity index (χ0) is 23.1. The first-order valence-corrected chi connectivity index (χ1v) is 11.3. The molecule has 2 amide bonds. The topological polar surface area (TPSA) is 114 Å². The van der Waals surface area contributed by atoms with Crippen molar-refractivity contribution in [3.63, 3.8) is 0 Å². The zero-order valence-electron chi connectivity index (χ0n) is 18.1. The molecule has 2 unspecified atom stereocenters. The number of carbonyl (C=O) groups excluding carboxylic acids is 3. The first kappa shape index (κ1) is 24.8. The summed E-state index contributed by atoms with van der Waals surface area (Å²) in [6.45, 7) is 6.30. The van der Waals surface area contributed by atoms with Crippen LogP contribution in [-0.4, -0.2) is 63.8 Å². The van der Waals surface area contributed by atoms with Gasteiger partial charge in [0.1, 0.15) is 10.2 Å². The van der Waals surface area contributed by atoms with Crippen LogP contribution in [0.15, 0.2) is 29.3 Å². The Morgan fingerprint density at radius 2 is 1.87 bits per heavy atom. The number of thiocarbonyl (C=S) groups is 1. The van der Waals surface area contributed by atoms with Crippen molar-refractivity contribution in [1.82, 2.24) is 10.2 Å². The fourth-order valence-electron chi connectivity index (χ4n) is 3.22. The molecule has 1 aromatic rings. The standard InChI is InChI=1S/C21H28N4O4S2/c1-12(2)25-13(3)17(20(28)23-11-5-6-16(26)29-4)31-21(25)24-19(27)15-9-7-14(8-10-15)18(22)30/h7-10,12-13,17H,5-6,11H2,1-4H3,(H2,22,30)(H,23,28). The molecule has 168 valence electrons. The predicted molar refractivity (Wildman–Crippen MR) is 126 cm³/mol. The number of nitrogens with one attached hydrogen (secondary N) is 1. The largest absolute Gasteiger partial charge is 0.469 e. The highest BCUT2D eigenvalue weighted by atomic mass is 32.2. The fourth-order valence-corrected chi connectivity index (χ4v) is 4.73. The van der Waals surface area contributed by atoms with Crippen LogP contribution in [0.4, 0.5) is 0 Å². The predicted octanol–water partition coefficient (Wildman–Crippen LogP) is 2.10. The number of ether oxygens (including phenoxy) is 1. The third-order valence-electron chi connectivity index (χ3n) is 4.84. The van der Waals surface area contributed by atoms with E-state index in [0.29, 0.717) is 29.3 Å². The number of nitrogens with two attached hydrogens (primary N) is 1. The number of thioether (sulfide) groups is 1. The Morgan fingerprint density at radius 1 is 1.26 bits per heavy atom. The van der Waals surface area contributed by atoms with Gasteiger partial charge in [-0.3, -0.25) is 14.4 Å². The Hall–Kier alpha value is -2.46. The third-order valence-corrected chi connectivity index (χ3v) is 6.45. The average Bonchev–Trinajstić information content (AvgIpc) is 3.06. The van der Waals surface area contributed by atoms with Crippen LogP contribution in [0.1, 0.15) is 49.5 Å². The quantitative estimate of drug-likeness (QED) is 0.342. The molecule has 2 rings (SSSR count). The van der Waals surface area contributed by atoms with Crippen molar-refractivity contribution in [1.29, 1.82) is 0 Å². The highest BCUT2D eigenvalue weighted by molar-refractivity contribution is 8.15. The van der Waals surface area contributed by atoms with E-state index in [0.717, 1.165) is 0 Å². The van der Waals surface area contributed by atoms with Gasteiger partial charge < -0.3 is 20.7 Å². The molecule has 1 aliphatic heterocycles. The molecule has 0 radical (unpaired) electrons. The molecule has 1 aliphatic rings. The van der Waals surface area contributed by atoms with Crippen LogP contribution in [0.25, 0.3) is 0 Å². The summed E-state index contributed by atoms with van der Waals surface area (Å²) in [6, 6.07) is 6.55. The Kier molecular flexibility index (Phi) is 9.00. The van der Waals surface area contributed by atoms with Gasteiger partial charge in [-0.05, 0) is 39.3 Å². The van der Waals surface area contributed by atoms with Gasteiger partial charge in [-0.15, -0.1) is 0 Å². The van der Waals surface area contributed by atoms with Crippen LogP contribution in [0.5, 0.6) is 0 Å². The summed E-state index contributed by atoms with van der Waals surface area (Å²) in [6.07, 6.45) is 0.747. The van der Waals surface area contributed by atoms with Crippen molar-refractivity contribution in [2.75, 3.05) is 13.7 Å². The van der Waals surface area contributed by atoms with E-state index in [1.165, 1.54) is 18.9 Å². The van der Waals surface area contributed by atoms with Gasteiger partial charge in [0.15, 0.2) is 5.17 Å². The number of aliphatic imine (C=N–C) groups is 1. The van der Waals surface area contributed by atoms with Gasteiger partial charge in [-0.1, -0.05) is 36.1 Å². The first-order valence-electron chi connectivity index (χ1n) is 9.98. The maximum Gasteiger partial charge on any atom is 0.305 e. The number of benzene rings is 1. The minimum absolute atomic E-state index is 0.0585. The van der Waals surface area contributed by atoms with Crippen LogP contribution in [0.2, 0.25) is 0 Å². The molecule has 0 saturated carbocycles. The lowest BCUT2D eigenvalue weighted by atomic mass is 10.1. The third kappa shape index (κ3) is 6.51. The molecule has 3 N–H and O–H groups in total. The van der Waals surface area contributed by atoms with Gasteiger partial charge in [0.25, 0.3) is 5.91 Å². The number of esters is 1. The molecule has 0 aliphatic carbocycles. The van der Waals surface area contributed by atoms with Crippen LogP contribution < -0.4 is 11.1 Å². The molecule has 10 heteroatoms. The van der Waals surface area contributed by atoms with Gasteiger partial charge in [-0.25, -0.2) is 0 Å². The maximum atomic E-state index is 12.7. The number of nitrogens with zero attached hydrogens (tertiary/aromatic N) is 2. The number of amidine groups is 1. The molecular formula is C21H28N4O4S2. The summed E-state index contributed by atoms with van der Waals surface area (Å²) >= 11 is 6.21. The molecule has 31 heavy (non-hydrogen) atoms. The first-order chi connectivity index (χ1) is 14.6. The lowest BCUT2D eigenvalue weighted by Gasteiger charge is -2.28. The summed E-state index contributed by atoms with van der Waals surface area (Å²) < 4.78 is 4.60. The van der Waals surface area contributed by atoms with E-state index in [4.69, 9.17) is 18.0 Å². The number of rotatable bonds is 8. The van der Waals surface area contributed by atoms with E-state index >= 15 is 0 Å². The Bertz CT molecular complexity index is 871. The zero-order valence-corrected chi connectivity index (χ0v) is 19.7. The van der Waals surface area contributed by atoms with Crippen molar-refractivity contribution in [2.24, 2.45) is 10.7 Å². The van der Waals surface area contributed by atoms with Crippen molar-refractivity contribution in [3.05, 3.63) is 35.4 Å².